The zero-order valence-electron chi connectivity index (χ0n) is 14.0. The molecule has 0 unspecified atom stereocenters. The van der Waals surface area contributed by atoms with Gasteiger partial charge in [0.2, 0.25) is 0 Å². The summed E-state index contributed by atoms with van der Waals surface area (Å²) in [6, 6.07) is 8.12. The van der Waals surface area contributed by atoms with E-state index in [4.69, 9.17) is 0 Å². The standard InChI is InChI=1S/C17H24N2O3S2/c1-23-16-4-2-3-14(13-16)17(20)19-9-7-18(8-10-19)15-5-11-24(21,22)12-6-15/h2-4,13,15H,5-12H2,1H3. The number of carbonyl (C=O) groups is 1. The number of carbonyl (C=O) groups excluding carboxylic acids is 1. The minimum absolute atomic E-state index is 0.0942. The average Bonchev–Trinajstić information content (AvgIpc) is 2.61. The van der Waals surface area contributed by atoms with Crippen molar-refractivity contribution in [1.82, 2.24) is 9.80 Å². The van der Waals surface area contributed by atoms with Gasteiger partial charge in [0, 0.05) is 42.7 Å². The zero-order valence-corrected chi connectivity index (χ0v) is 15.6. The van der Waals surface area contributed by atoms with Crippen LogP contribution in [-0.2, 0) is 9.84 Å². The molecule has 3 rings (SSSR count). The second kappa shape index (κ2) is 7.45. The normalized spacial score (nSPS) is 22.5. The Balaban J connectivity index is 1.56. The largest absolute Gasteiger partial charge is 0.336 e. The van der Waals surface area contributed by atoms with Crippen LogP contribution in [0.5, 0.6) is 0 Å². The smallest absolute Gasteiger partial charge is 0.253 e. The molecule has 132 valence electrons. The lowest BCUT2D eigenvalue weighted by Gasteiger charge is -2.40. The molecule has 0 radical (unpaired) electrons. The Morgan fingerprint density at radius 1 is 1.12 bits per heavy atom. The fourth-order valence-electron chi connectivity index (χ4n) is 3.47. The molecule has 2 aliphatic rings. The molecule has 0 saturated carbocycles. The highest BCUT2D eigenvalue weighted by atomic mass is 32.2. The maximum atomic E-state index is 12.7. The fourth-order valence-corrected chi connectivity index (χ4v) is 5.40. The van der Waals surface area contributed by atoms with Crippen molar-refractivity contribution in [2.45, 2.75) is 23.8 Å². The number of amides is 1. The van der Waals surface area contributed by atoms with E-state index in [0.717, 1.165) is 36.4 Å². The predicted octanol–water partition coefficient (Wildman–Crippen LogP) is 1.74. The van der Waals surface area contributed by atoms with E-state index in [1.807, 2.05) is 35.4 Å². The maximum absolute atomic E-state index is 12.7. The molecule has 2 heterocycles. The number of piperazine rings is 1. The van der Waals surface area contributed by atoms with E-state index >= 15 is 0 Å². The highest BCUT2D eigenvalue weighted by Crippen LogP contribution is 2.21. The van der Waals surface area contributed by atoms with Gasteiger partial charge < -0.3 is 4.90 Å². The van der Waals surface area contributed by atoms with Crippen LogP contribution in [0.4, 0.5) is 0 Å². The number of thioether (sulfide) groups is 1. The molecule has 1 aromatic rings. The second-order valence-electron chi connectivity index (χ2n) is 6.44. The van der Waals surface area contributed by atoms with Gasteiger partial charge in [-0.1, -0.05) is 6.07 Å². The summed E-state index contributed by atoms with van der Waals surface area (Å²) in [5.41, 5.74) is 0.749. The highest BCUT2D eigenvalue weighted by Gasteiger charge is 2.31. The van der Waals surface area contributed by atoms with Crippen LogP contribution in [0.1, 0.15) is 23.2 Å². The molecule has 0 spiro atoms. The Kier molecular flexibility index (Phi) is 5.52. The second-order valence-corrected chi connectivity index (χ2v) is 9.63. The Bertz CT molecular complexity index is 684. The summed E-state index contributed by atoms with van der Waals surface area (Å²) >= 11 is 1.64. The molecule has 2 saturated heterocycles. The van der Waals surface area contributed by atoms with Crippen LogP contribution in [0.25, 0.3) is 0 Å². The van der Waals surface area contributed by atoms with Crippen molar-refractivity contribution < 1.29 is 13.2 Å². The first-order valence-corrected chi connectivity index (χ1v) is 11.4. The van der Waals surface area contributed by atoms with Crippen LogP contribution < -0.4 is 0 Å². The SMILES string of the molecule is CSc1cccc(C(=O)N2CCN(C3CCS(=O)(=O)CC3)CC2)c1. The Hall–Kier alpha value is -1.05. The van der Waals surface area contributed by atoms with Gasteiger partial charge in [-0.25, -0.2) is 8.42 Å². The Morgan fingerprint density at radius 3 is 2.42 bits per heavy atom. The molecular weight excluding hydrogens is 344 g/mol. The van der Waals surface area contributed by atoms with E-state index in [2.05, 4.69) is 4.90 Å². The van der Waals surface area contributed by atoms with Gasteiger partial charge in [0.05, 0.1) is 11.5 Å². The van der Waals surface area contributed by atoms with Crippen molar-refractivity contribution in [3.05, 3.63) is 29.8 Å². The summed E-state index contributed by atoms with van der Waals surface area (Å²) in [7, 11) is -2.81. The zero-order chi connectivity index (χ0) is 17.2. The minimum atomic E-state index is -2.81. The van der Waals surface area contributed by atoms with E-state index in [1.54, 1.807) is 11.8 Å². The summed E-state index contributed by atoms with van der Waals surface area (Å²) < 4.78 is 23.1. The van der Waals surface area contributed by atoms with E-state index in [9.17, 15) is 13.2 Å². The maximum Gasteiger partial charge on any atom is 0.253 e. The first kappa shape index (κ1) is 17.8. The monoisotopic (exact) mass is 368 g/mol. The van der Waals surface area contributed by atoms with Crippen LogP contribution in [0.15, 0.2) is 29.2 Å². The first-order chi connectivity index (χ1) is 11.5. The third-order valence-corrected chi connectivity index (χ3v) is 7.40. The van der Waals surface area contributed by atoms with Gasteiger partial charge in [-0.05, 0) is 37.3 Å². The van der Waals surface area contributed by atoms with Crippen LogP contribution in [0.2, 0.25) is 0 Å². The third kappa shape index (κ3) is 4.13. The van der Waals surface area contributed by atoms with Gasteiger partial charge in [-0.3, -0.25) is 9.69 Å². The molecule has 5 nitrogen and oxygen atoms in total. The van der Waals surface area contributed by atoms with E-state index in [-0.39, 0.29) is 5.91 Å². The van der Waals surface area contributed by atoms with Gasteiger partial charge in [-0.15, -0.1) is 11.8 Å². The van der Waals surface area contributed by atoms with Crippen molar-refractivity contribution in [3.63, 3.8) is 0 Å². The van der Waals surface area contributed by atoms with Gasteiger partial charge >= 0.3 is 0 Å². The summed E-state index contributed by atoms with van der Waals surface area (Å²) in [5, 5.41) is 0. The third-order valence-electron chi connectivity index (χ3n) is 4.96. The molecule has 0 N–H and O–H groups in total. The molecule has 0 aliphatic carbocycles. The number of nitrogens with zero attached hydrogens (tertiary/aromatic N) is 2. The molecule has 7 heteroatoms. The Morgan fingerprint density at radius 2 is 1.79 bits per heavy atom. The molecule has 1 amide bonds. The summed E-state index contributed by atoms with van der Waals surface area (Å²) in [6.45, 7) is 3.09. The first-order valence-electron chi connectivity index (χ1n) is 8.36. The quantitative estimate of drug-likeness (QED) is 0.761. The van der Waals surface area contributed by atoms with Crippen LogP contribution in [0.3, 0.4) is 0 Å². The number of hydrogen-bond acceptors (Lipinski definition) is 5. The van der Waals surface area contributed by atoms with Gasteiger partial charge in [0.25, 0.3) is 5.91 Å². The summed E-state index contributed by atoms with van der Waals surface area (Å²) in [6.07, 6.45) is 3.46. The van der Waals surface area contributed by atoms with E-state index in [0.29, 0.717) is 30.6 Å². The molecule has 0 aromatic heterocycles. The van der Waals surface area contributed by atoms with Gasteiger partial charge in [0.15, 0.2) is 0 Å². The molecular formula is C17H24N2O3S2. The number of rotatable bonds is 3. The number of hydrogen-bond donors (Lipinski definition) is 0. The summed E-state index contributed by atoms with van der Waals surface area (Å²) in [4.78, 5) is 18.0. The van der Waals surface area contributed by atoms with Crippen LogP contribution in [-0.4, -0.2) is 74.1 Å². The lowest BCUT2D eigenvalue weighted by atomic mass is 10.1. The molecule has 24 heavy (non-hydrogen) atoms. The molecule has 2 fully saturated rings. The lowest BCUT2D eigenvalue weighted by Crippen LogP contribution is -2.53. The van der Waals surface area contributed by atoms with Gasteiger partial charge in [-0.2, -0.15) is 0 Å². The van der Waals surface area contributed by atoms with Crippen molar-refractivity contribution in [2.75, 3.05) is 43.9 Å². The number of benzene rings is 1. The average molecular weight is 369 g/mol. The van der Waals surface area contributed by atoms with E-state index in [1.165, 1.54) is 0 Å². The lowest BCUT2D eigenvalue weighted by molar-refractivity contribution is 0.0557. The Labute approximate surface area is 148 Å². The highest BCUT2D eigenvalue weighted by molar-refractivity contribution is 7.98. The summed E-state index contributed by atoms with van der Waals surface area (Å²) in [5.74, 6) is 0.702. The van der Waals surface area contributed by atoms with Crippen LogP contribution >= 0.6 is 11.8 Å². The van der Waals surface area contributed by atoms with Crippen molar-refractivity contribution in [3.8, 4) is 0 Å². The minimum Gasteiger partial charge on any atom is -0.336 e. The predicted molar refractivity (Wildman–Crippen MR) is 97.4 cm³/mol. The van der Waals surface area contributed by atoms with Crippen LogP contribution in [0, 0.1) is 0 Å². The molecule has 1 aromatic carbocycles. The van der Waals surface area contributed by atoms with Crippen molar-refractivity contribution >= 4 is 27.5 Å². The topological polar surface area (TPSA) is 57.7 Å². The molecule has 0 atom stereocenters. The number of sulfone groups is 1. The van der Waals surface area contributed by atoms with Crippen molar-refractivity contribution in [1.29, 1.82) is 0 Å². The van der Waals surface area contributed by atoms with E-state index < -0.39 is 9.84 Å². The fraction of sp³-hybridized carbons (Fsp3) is 0.588. The molecule has 0 bridgehead atoms. The molecule has 2 aliphatic heterocycles. The van der Waals surface area contributed by atoms with Gasteiger partial charge in [0.1, 0.15) is 9.84 Å². The van der Waals surface area contributed by atoms with Crippen molar-refractivity contribution in [2.24, 2.45) is 0 Å².